The summed E-state index contributed by atoms with van der Waals surface area (Å²) in [7, 11) is 3.72. The maximum atomic E-state index is 10.3. The minimum atomic E-state index is -0.293. The molecule has 0 amide bonds. The van der Waals surface area contributed by atoms with E-state index in [-0.39, 0.29) is 6.10 Å². The lowest BCUT2D eigenvalue weighted by atomic mass is 9.85. The van der Waals surface area contributed by atoms with Gasteiger partial charge in [-0.1, -0.05) is 19.3 Å². The van der Waals surface area contributed by atoms with Crippen molar-refractivity contribution >= 4 is 5.96 Å². The zero-order chi connectivity index (χ0) is 15.1. The fourth-order valence-electron chi connectivity index (χ4n) is 2.98. The Labute approximate surface area is 127 Å². The van der Waals surface area contributed by atoms with Gasteiger partial charge in [-0.05, 0) is 30.9 Å². The third-order valence-corrected chi connectivity index (χ3v) is 4.21. The molecule has 2 N–H and O–H groups in total. The van der Waals surface area contributed by atoms with E-state index in [0.29, 0.717) is 19.0 Å². The molecule has 0 spiro atoms. The third-order valence-electron chi connectivity index (χ3n) is 4.21. The molecule has 1 aromatic heterocycles. The number of rotatable bonds is 5. The first-order valence-electron chi connectivity index (χ1n) is 7.83. The van der Waals surface area contributed by atoms with Crippen molar-refractivity contribution in [3.8, 4) is 0 Å². The molecule has 1 unspecified atom stereocenters. The zero-order valence-corrected chi connectivity index (χ0v) is 13.1. The number of aliphatic hydroxyl groups excluding tert-OH is 1. The fraction of sp³-hybridized carbons (Fsp3) is 0.688. The monoisotopic (exact) mass is 293 g/mol. The lowest BCUT2D eigenvalue weighted by Crippen LogP contribution is -2.43. The number of aliphatic imine (C=N–C) groups is 1. The van der Waals surface area contributed by atoms with Crippen molar-refractivity contribution in [2.24, 2.45) is 10.9 Å². The first kappa shape index (κ1) is 15.9. The lowest BCUT2D eigenvalue weighted by Gasteiger charge is -2.28. The van der Waals surface area contributed by atoms with Crippen LogP contribution in [0.25, 0.3) is 0 Å². The number of furan rings is 1. The highest BCUT2D eigenvalue weighted by molar-refractivity contribution is 5.79. The van der Waals surface area contributed by atoms with Crippen molar-refractivity contribution in [3.63, 3.8) is 0 Å². The second kappa shape index (κ2) is 8.08. The topological polar surface area (TPSA) is 61.0 Å². The van der Waals surface area contributed by atoms with E-state index in [1.807, 2.05) is 24.1 Å². The van der Waals surface area contributed by atoms with E-state index in [1.165, 1.54) is 19.3 Å². The van der Waals surface area contributed by atoms with E-state index in [9.17, 15) is 5.11 Å². The molecule has 1 aromatic rings. The number of aliphatic hydroxyl groups is 1. The van der Waals surface area contributed by atoms with Crippen molar-refractivity contribution in [2.45, 2.75) is 44.8 Å². The van der Waals surface area contributed by atoms with Crippen LogP contribution >= 0.6 is 0 Å². The van der Waals surface area contributed by atoms with Gasteiger partial charge in [0.05, 0.1) is 18.9 Å². The zero-order valence-electron chi connectivity index (χ0n) is 13.1. The molecule has 1 fully saturated rings. The van der Waals surface area contributed by atoms with Crippen molar-refractivity contribution in [1.29, 1.82) is 0 Å². The molecule has 1 atom stereocenters. The summed E-state index contributed by atoms with van der Waals surface area (Å²) >= 11 is 0. The highest BCUT2D eigenvalue weighted by Gasteiger charge is 2.22. The molecular weight excluding hydrogens is 266 g/mol. The van der Waals surface area contributed by atoms with Gasteiger partial charge in [0, 0.05) is 20.6 Å². The molecular formula is C16H27N3O2. The van der Waals surface area contributed by atoms with Crippen LogP contribution in [0.15, 0.2) is 27.8 Å². The van der Waals surface area contributed by atoms with Crippen molar-refractivity contribution in [1.82, 2.24) is 10.2 Å². The predicted octanol–water partition coefficient (Wildman–Crippen LogP) is 2.23. The van der Waals surface area contributed by atoms with Crippen LogP contribution in [0.3, 0.4) is 0 Å². The van der Waals surface area contributed by atoms with E-state index in [4.69, 9.17) is 4.42 Å². The lowest BCUT2D eigenvalue weighted by molar-refractivity contribution is 0.0874. The summed E-state index contributed by atoms with van der Waals surface area (Å²) < 4.78 is 5.35. The average Bonchev–Trinajstić information content (AvgIpc) is 3.01. The van der Waals surface area contributed by atoms with E-state index in [2.05, 4.69) is 10.3 Å². The molecule has 0 aliphatic heterocycles. The van der Waals surface area contributed by atoms with Gasteiger partial charge in [-0.3, -0.25) is 4.99 Å². The Hall–Kier alpha value is -1.49. The van der Waals surface area contributed by atoms with Crippen molar-refractivity contribution in [3.05, 3.63) is 24.2 Å². The summed E-state index contributed by atoms with van der Waals surface area (Å²) in [5.74, 6) is 2.11. The molecule has 5 heteroatoms. The molecule has 1 aliphatic rings. The number of hydrogen-bond donors (Lipinski definition) is 2. The highest BCUT2D eigenvalue weighted by Crippen LogP contribution is 2.26. The Balaban J connectivity index is 1.78. The van der Waals surface area contributed by atoms with Crippen LogP contribution in [-0.2, 0) is 6.54 Å². The molecule has 1 aliphatic carbocycles. The second-order valence-corrected chi connectivity index (χ2v) is 5.83. The van der Waals surface area contributed by atoms with Gasteiger partial charge in [0.15, 0.2) is 5.96 Å². The molecule has 0 saturated heterocycles. The van der Waals surface area contributed by atoms with Crippen LogP contribution in [0.5, 0.6) is 0 Å². The Morgan fingerprint density at radius 3 is 2.86 bits per heavy atom. The molecule has 1 saturated carbocycles. The van der Waals surface area contributed by atoms with Gasteiger partial charge in [0.2, 0.25) is 0 Å². The highest BCUT2D eigenvalue weighted by atomic mass is 16.3. The minimum Gasteiger partial charge on any atom is -0.467 e. The predicted molar refractivity (Wildman–Crippen MR) is 84.1 cm³/mol. The molecule has 118 valence electrons. The molecule has 21 heavy (non-hydrogen) atoms. The first-order chi connectivity index (χ1) is 10.2. The average molecular weight is 293 g/mol. The van der Waals surface area contributed by atoms with Gasteiger partial charge in [-0.15, -0.1) is 0 Å². The normalized spacial score (nSPS) is 18.5. The van der Waals surface area contributed by atoms with E-state index in [1.54, 1.807) is 13.3 Å². The van der Waals surface area contributed by atoms with Crippen molar-refractivity contribution < 1.29 is 9.52 Å². The van der Waals surface area contributed by atoms with Gasteiger partial charge in [-0.25, -0.2) is 0 Å². The standard InChI is InChI=1S/C16H27N3O2/c1-17-16(19(2)12-14-9-6-10-21-14)18-11-15(20)13-7-4-3-5-8-13/h6,9-10,13,15,20H,3-5,7-8,11-12H2,1-2H3,(H,17,18). The number of nitrogens with one attached hydrogen (secondary N) is 1. The first-order valence-corrected chi connectivity index (χ1v) is 7.83. The van der Waals surface area contributed by atoms with Gasteiger partial charge in [0.25, 0.3) is 0 Å². The van der Waals surface area contributed by atoms with Gasteiger partial charge in [-0.2, -0.15) is 0 Å². The van der Waals surface area contributed by atoms with Gasteiger partial charge >= 0.3 is 0 Å². The molecule has 1 heterocycles. The van der Waals surface area contributed by atoms with E-state index >= 15 is 0 Å². The van der Waals surface area contributed by atoms with Crippen LogP contribution in [-0.4, -0.2) is 42.7 Å². The molecule has 0 radical (unpaired) electrons. The molecule has 5 nitrogen and oxygen atoms in total. The van der Waals surface area contributed by atoms with Crippen LogP contribution in [0.2, 0.25) is 0 Å². The van der Waals surface area contributed by atoms with Crippen molar-refractivity contribution in [2.75, 3.05) is 20.6 Å². The smallest absolute Gasteiger partial charge is 0.193 e. The van der Waals surface area contributed by atoms with Gasteiger partial charge in [0.1, 0.15) is 5.76 Å². The Kier molecular flexibility index (Phi) is 6.11. The summed E-state index contributed by atoms with van der Waals surface area (Å²) in [6.07, 6.45) is 7.46. The van der Waals surface area contributed by atoms with Crippen LogP contribution in [0, 0.1) is 5.92 Å². The van der Waals surface area contributed by atoms with Crippen LogP contribution in [0.1, 0.15) is 37.9 Å². The quantitative estimate of drug-likeness (QED) is 0.645. The number of nitrogens with zero attached hydrogens (tertiary/aromatic N) is 2. The van der Waals surface area contributed by atoms with Gasteiger partial charge < -0.3 is 19.7 Å². The Morgan fingerprint density at radius 2 is 2.24 bits per heavy atom. The maximum Gasteiger partial charge on any atom is 0.193 e. The Morgan fingerprint density at radius 1 is 1.48 bits per heavy atom. The summed E-state index contributed by atoms with van der Waals surface area (Å²) in [6.45, 7) is 1.21. The van der Waals surface area contributed by atoms with E-state index < -0.39 is 0 Å². The minimum absolute atomic E-state index is 0.293. The Bertz CT molecular complexity index is 425. The summed E-state index contributed by atoms with van der Waals surface area (Å²) in [4.78, 5) is 6.26. The second-order valence-electron chi connectivity index (χ2n) is 5.83. The largest absolute Gasteiger partial charge is 0.467 e. The van der Waals surface area contributed by atoms with E-state index in [0.717, 1.165) is 24.6 Å². The SMILES string of the molecule is CN=C(NCC(O)C1CCCCC1)N(C)Cc1ccco1. The fourth-order valence-corrected chi connectivity index (χ4v) is 2.98. The number of guanidine groups is 1. The summed E-state index contributed by atoms with van der Waals surface area (Å²) in [6, 6.07) is 3.83. The summed E-state index contributed by atoms with van der Waals surface area (Å²) in [5, 5.41) is 13.6. The molecule has 0 aromatic carbocycles. The summed E-state index contributed by atoms with van der Waals surface area (Å²) in [5.41, 5.74) is 0. The molecule has 0 bridgehead atoms. The number of hydrogen-bond acceptors (Lipinski definition) is 3. The van der Waals surface area contributed by atoms with Crippen LogP contribution in [0.4, 0.5) is 0 Å². The van der Waals surface area contributed by atoms with Crippen LogP contribution < -0.4 is 5.32 Å². The third kappa shape index (κ3) is 4.77. The molecule has 2 rings (SSSR count). The maximum absolute atomic E-state index is 10.3.